The molecule has 0 bridgehead atoms. The van der Waals surface area contributed by atoms with Crippen LogP contribution in [-0.4, -0.2) is 43.0 Å². The Bertz CT molecular complexity index is 552. The monoisotopic (exact) mass is 329 g/mol. The average Bonchev–Trinajstić information content (AvgIpc) is 2.53. The minimum Gasteiger partial charge on any atom is -0.368 e. The molecule has 1 aliphatic heterocycles. The van der Waals surface area contributed by atoms with Gasteiger partial charge < -0.3 is 15.5 Å². The Morgan fingerprint density at radius 3 is 2.30 bits per heavy atom. The largest absolute Gasteiger partial charge is 0.416 e. The van der Waals surface area contributed by atoms with Crippen LogP contribution in [0.25, 0.3) is 0 Å². The van der Waals surface area contributed by atoms with E-state index >= 15 is 0 Å². The third-order valence-electron chi connectivity index (χ3n) is 4.13. The van der Waals surface area contributed by atoms with Crippen LogP contribution >= 0.6 is 0 Å². The molecule has 1 aromatic rings. The van der Waals surface area contributed by atoms with Gasteiger partial charge in [0.2, 0.25) is 5.91 Å². The van der Waals surface area contributed by atoms with Gasteiger partial charge in [0.1, 0.15) is 0 Å². The molecule has 1 unspecified atom stereocenters. The van der Waals surface area contributed by atoms with Crippen LogP contribution in [0, 0.1) is 5.92 Å². The lowest BCUT2D eigenvalue weighted by Crippen LogP contribution is -2.54. The molecule has 0 spiro atoms. The van der Waals surface area contributed by atoms with E-state index in [-0.39, 0.29) is 11.8 Å². The number of nitrogens with zero attached hydrogens (tertiary/aromatic N) is 2. The lowest BCUT2D eigenvalue weighted by molar-refractivity contribution is -0.137. The normalized spacial score (nSPS) is 17.5. The summed E-state index contributed by atoms with van der Waals surface area (Å²) >= 11 is 0. The zero-order valence-electron chi connectivity index (χ0n) is 13.3. The molecule has 1 atom stereocenters. The summed E-state index contributed by atoms with van der Waals surface area (Å²) in [7, 11) is 0. The fourth-order valence-electron chi connectivity index (χ4n) is 2.56. The minimum absolute atomic E-state index is 0.0593. The van der Waals surface area contributed by atoms with Gasteiger partial charge >= 0.3 is 6.18 Å². The highest BCUT2D eigenvalue weighted by molar-refractivity contribution is 5.82. The standard InChI is InChI=1S/C16H22F3N3O/c1-11(2)14(20)15(23)22-8-6-21(7-9-22)13-5-3-4-12(10-13)16(17,18)19/h3-5,10-11,14H,6-9,20H2,1-2H3. The molecule has 0 radical (unpaired) electrons. The van der Waals surface area contributed by atoms with Crippen LogP contribution in [0.15, 0.2) is 24.3 Å². The van der Waals surface area contributed by atoms with Crippen LogP contribution in [0.2, 0.25) is 0 Å². The van der Waals surface area contributed by atoms with Gasteiger partial charge in [0.05, 0.1) is 11.6 Å². The van der Waals surface area contributed by atoms with Crippen LogP contribution in [0.4, 0.5) is 18.9 Å². The van der Waals surface area contributed by atoms with E-state index in [2.05, 4.69) is 0 Å². The molecule has 4 nitrogen and oxygen atoms in total. The summed E-state index contributed by atoms with van der Waals surface area (Å²) in [6.07, 6.45) is -4.35. The summed E-state index contributed by atoms with van der Waals surface area (Å²) < 4.78 is 38.3. The number of hydrogen-bond acceptors (Lipinski definition) is 3. The maximum Gasteiger partial charge on any atom is 0.416 e. The summed E-state index contributed by atoms with van der Waals surface area (Å²) in [4.78, 5) is 15.8. The Kier molecular flexibility index (Phi) is 5.19. The van der Waals surface area contributed by atoms with E-state index in [4.69, 9.17) is 5.73 Å². The third-order valence-corrected chi connectivity index (χ3v) is 4.13. The summed E-state index contributed by atoms with van der Waals surface area (Å²) in [6.45, 7) is 5.71. The summed E-state index contributed by atoms with van der Waals surface area (Å²) in [5.41, 5.74) is 5.75. The highest BCUT2D eigenvalue weighted by Crippen LogP contribution is 2.31. The predicted molar refractivity (Wildman–Crippen MR) is 83.1 cm³/mol. The van der Waals surface area contributed by atoms with Crippen LogP contribution < -0.4 is 10.6 Å². The second-order valence-electron chi connectivity index (χ2n) is 6.13. The summed E-state index contributed by atoms with van der Waals surface area (Å²) in [5.74, 6) is -0.0345. The quantitative estimate of drug-likeness (QED) is 0.926. The molecule has 1 heterocycles. The molecule has 1 aliphatic rings. The van der Waals surface area contributed by atoms with E-state index in [1.54, 1.807) is 11.0 Å². The molecule has 2 N–H and O–H groups in total. The number of anilines is 1. The van der Waals surface area contributed by atoms with Crippen molar-refractivity contribution in [3.8, 4) is 0 Å². The number of piperazine rings is 1. The molecule has 128 valence electrons. The van der Waals surface area contributed by atoms with Gasteiger partial charge in [-0.3, -0.25) is 4.79 Å². The highest BCUT2D eigenvalue weighted by atomic mass is 19.4. The van der Waals surface area contributed by atoms with Crippen molar-refractivity contribution >= 4 is 11.6 Å². The molecule has 1 aromatic carbocycles. The number of amides is 1. The number of rotatable bonds is 3. The fraction of sp³-hybridized carbons (Fsp3) is 0.562. The SMILES string of the molecule is CC(C)C(N)C(=O)N1CCN(c2cccc(C(F)(F)F)c2)CC1. The number of carbonyl (C=O) groups excluding carboxylic acids is 1. The zero-order chi connectivity index (χ0) is 17.2. The molecule has 1 amide bonds. The second-order valence-corrected chi connectivity index (χ2v) is 6.13. The van der Waals surface area contributed by atoms with Crippen molar-refractivity contribution < 1.29 is 18.0 Å². The molecule has 1 fully saturated rings. The maximum absolute atomic E-state index is 12.8. The van der Waals surface area contributed by atoms with Gasteiger partial charge in [0, 0.05) is 31.9 Å². The molecule has 0 saturated carbocycles. The molecule has 23 heavy (non-hydrogen) atoms. The van der Waals surface area contributed by atoms with Crippen molar-refractivity contribution in [2.75, 3.05) is 31.1 Å². The van der Waals surface area contributed by atoms with E-state index in [0.717, 1.165) is 12.1 Å². The molecule has 1 saturated heterocycles. The Morgan fingerprint density at radius 2 is 1.78 bits per heavy atom. The van der Waals surface area contributed by atoms with Crippen LogP contribution in [0.3, 0.4) is 0 Å². The first-order chi connectivity index (χ1) is 10.7. The number of alkyl halides is 3. The third kappa shape index (κ3) is 4.16. The van der Waals surface area contributed by atoms with Crippen molar-refractivity contribution in [3.05, 3.63) is 29.8 Å². The lowest BCUT2D eigenvalue weighted by atomic mass is 10.0. The number of hydrogen-bond donors (Lipinski definition) is 1. The van der Waals surface area contributed by atoms with Gasteiger partial charge in [-0.1, -0.05) is 19.9 Å². The second kappa shape index (κ2) is 6.78. The van der Waals surface area contributed by atoms with Gasteiger partial charge in [0.15, 0.2) is 0 Å². The van der Waals surface area contributed by atoms with Crippen LogP contribution in [0.5, 0.6) is 0 Å². The Hall–Kier alpha value is -1.76. The van der Waals surface area contributed by atoms with E-state index in [1.165, 1.54) is 6.07 Å². The molecular weight excluding hydrogens is 307 g/mol. The van der Waals surface area contributed by atoms with Gasteiger partial charge in [-0.25, -0.2) is 0 Å². The molecule has 7 heteroatoms. The van der Waals surface area contributed by atoms with E-state index < -0.39 is 17.8 Å². The average molecular weight is 329 g/mol. The lowest BCUT2D eigenvalue weighted by Gasteiger charge is -2.37. The predicted octanol–water partition coefficient (Wildman–Crippen LogP) is 2.34. The van der Waals surface area contributed by atoms with Crippen molar-refractivity contribution in [1.82, 2.24) is 4.90 Å². The van der Waals surface area contributed by atoms with Gasteiger partial charge in [0.25, 0.3) is 0 Å². The Balaban J connectivity index is 2.01. The number of halogens is 3. The van der Waals surface area contributed by atoms with Gasteiger partial charge in [-0.2, -0.15) is 13.2 Å². The van der Waals surface area contributed by atoms with Crippen molar-refractivity contribution in [2.24, 2.45) is 11.7 Å². The van der Waals surface area contributed by atoms with Gasteiger partial charge in [-0.05, 0) is 24.1 Å². The molecule has 0 aliphatic carbocycles. The summed E-state index contributed by atoms with van der Waals surface area (Å²) in [6, 6.07) is 4.74. The Morgan fingerprint density at radius 1 is 1.17 bits per heavy atom. The fourth-order valence-corrected chi connectivity index (χ4v) is 2.56. The molecule has 2 rings (SSSR count). The molecular formula is C16H22F3N3O. The van der Waals surface area contributed by atoms with E-state index in [0.29, 0.717) is 31.9 Å². The number of nitrogens with two attached hydrogens (primary N) is 1. The molecule has 0 aromatic heterocycles. The minimum atomic E-state index is -4.35. The van der Waals surface area contributed by atoms with Crippen molar-refractivity contribution in [2.45, 2.75) is 26.1 Å². The van der Waals surface area contributed by atoms with Gasteiger partial charge in [-0.15, -0.1) is 0 Å². The summed E-state index contributed by atoms with van der Waals surface area (Å²) in [5, 5.41) is 0. The van der Waals surface area contributed by atoms with E-state index in [9.17, 15) is 18.0 Å². The van der Waals surface area contributed by atoms with Crippen molar-refractivity contribution in [1.29, 1.82) is 0 Å². The number of benzene rings is 1. The zero-order valence-corrected chi connectivity index (χ0v) is 13.3. The smallest absolute Gasteiger partial charge is 0.368 e. The van der Waals surface area contributed by atoms with Crippen LogP contribution in [-0.2, 0) is 11.0 Å². The first-order valence-corrected chi connectivity index (χ1v) is 7.66. The van der Waals surface area contributed by atoms with Crippen molar-refractivity contribution in [3.63, 3.8) is 0 Å². The first kappa shape index (κ1) is 17.6. The highest BCUT2D eigenvalue weighted by Gasteiger charge is 2.31. The van der Waals surface area contributed by atoms with E-state index in [1.807, 2.05) is 18.7 Å². The Labute approximate surface area is 134 Å². The van der Waals surface area contributed by atoms with Crippen LogP contribution in [0.1, 0.15) is 19.4 Å². The maximum atomic E-state index is 12.8. The first-order valence-electron chi connectivity index (χ1n) is 7.66. The number of carbonyl (C=O) groups is 1. The topological polar surface area (TPSA) is 49.6 Å².